The molecular formula is C13H18N4O2S. The fourth-order valence-corrected chi connectivity index (χ4v) is 3.37. The largest absolute Gasteiger partial charge is 0.398 e. The van der Waals surface area contributed by atoms with Crippen LogP contribution in [-0.2, 0) is 23.6 Å². The van der Waals surface area contributed by atoms with E-state index in [0.717, 1.165) is 11.3 Å². The Labute approximate surface area is 118 Å². The number of nitrogens with zero attached hydrogens (tertiary/aromatic N) is 2. The van der Waals surface area contributed by atoms with Crippen LogP contribution in [0.2, 0.25) is 0 Å². The van der Waals surface area contributed by atoms with Gasteiger partial charge in [0.05, 0.1) is 11.9 Å². The van der Waals surface area contributed by atoms with Gasteiger partial charge in [-0.1, -0.05) is 12.1 Å². The number of aryl methyl sites for hydroxylation is 2. The van der Waals surface area contributed by atoms with Crippen molar-refractivity contribution in [3.63, 3.8) is 0 Å². The third-order valence-corrected chi connectivity index (χ3v) is 4.92. The highest BCUT2D eigenvalue weighted by Gasteiger charge is 2.20. The van der Waals surface area contributed by atoms with Gasteiger partial charge in [-0.2, -0.15) is 5.10 Å². The first-order valence-electron chi connectivity index (χ1n) is 6.15. The van der Waals surface area contributed by atoms with Crippen LogP contribution in [-0.4, -0.2) is 18.2 Å². The smallest absolute Gasteiger partial charge is 0.243 e. The standard InChI is InChI=1S/C13H18N4O2S/c1-9-5-4-6-12(14)13(9)20(18,19)16-8-11-7-15-17(3)10(11)2/h4-7,16H,8,14H2,1-3H3. The van der Waals surface area contributed by atoms with Crippen LogP contribution >= 0.6 is 0 Å². The molecule has 0 saturated heterocycles. The number of anilines is 1. The predicted octanol–water partition coefficient (Wildman–Crippen LogP) is 1.10. The zero-order chi connectivity index (χ0) is 14.9. The summed E-state index contributed by atoms with van der Waals surface area (Å²) >= 11 is 0. The van der Waals surface area contributed by atoms with Crippen LogP contribution in [0.4, 0.5) is 5.69 Å². The highest BCUT2D eigenvalue weighted by Crippen LogP contribution is 2.22. The van der Waals surface area contributed by atoms with Gasteiger partial charge in [0, 0.05) is 24.8 Å². The zero-order valence-corrected chi connectivity index (χ0v) is 12.5. The highest BCUT2D eigenvalue weighted by molar-refractivity contribution is 7.89. The summed E-state index contributed by atoms with van der Waals surface area (Å²) in [6, 6.07) is 5.03. The molecule has 108 valence electrons. The molecule has 0 amide bonds. The van der Waals surface area contributed by atoms with E-state index in [2.05, 4.69) is 9.82 Å². The van der Waals surface area contributed by atoms with Gasteiger partial charge < -0.3 is 5.73 Å². The second-order valence-electron chi connectivity index (χ2n) is 4.70. The van der Waals surface area contributed by atoms with Crippen molar-refractivity contribution in [2.45, 2.75) is 25.3 Å². The van der Waals surface area contributed by atoms with Crippen LogP contribution in [0.1, 0.15) is 16.8 Å². The molecule has 0 unspecified atom stereocenters. The fourth-order valence-electron chi connectivity index (χ4n) is 2.00. The average molecular weight is 294 g/mol. The number of aromatic nitrogens is 2. The van der Waals surface area contributed by atoms with Crippen LogP contribution in [0.5, 0.6) is 0 Å². The minimum Gasteiger partial charge on any atom is -0.398 e. The Balaban J connectivity index is 2.26. The molecule has 0 aliphatic rings. The Kier molecular flexibility index (Phi) is 3.82. The fraction of sp³-hybridized carbons (Fsp3) is 0.308. The second kappa shape index (κ2) is 5.26. The topological polar surface area (TPSA) is 90.0 Å². The number of hydrogen-bond acceptors (Lipinski definition) is 4. The van der Waals surface area contributed by atoms with Gasteiger partial charge in [-0.3, -0.25) is 4.68 Å². The number of nitrogens with one attached hydrogen (secondary N) is 1. The Morgan fingerprint density at radius 2 is 2.05 bits per heavy atom. The van der Waals surface area contributed by atoms with E-state index in [0.29, 0.717) is 5.56 Å². The molecule has 0 fully saturated rings. The van der Waals surface area contributed by atoms with Crippen molar-refractivity contribution < 1.29 is 8.42 Å². The molecule has 0 saturated carbocycles. The maximum absolute atomic E-state index is 12.3. The summed E-state index contributed by atoms with van der Waals surface area (Å²) in [7, 11) is -1.83. The van der Waals surface area contributed by atoms with Crippen LogP contribution in [0.25, 0.3) is 0 Å². The number of rotatable bonds is 4. The molecule has 1 heterocycles. The SMILES string of the molecule is Cc1cccc(N)c1S(=O)(=O)NCc1cnn(C)c1C. The normalized spacial score (nSPS) is 11.8. The first-order chi connectivity index (χ1) is 9.33. The van der Waals surface area contributed by atoms with Gasteiger partial charge in [-0.25, -0.2) is 13.1 Å². The first kappa shape index (κ1) is 14.5. The highest BCUT2D eigenvalue weighted by atomic mass is 32.2. The van der Waals surface area contributed by atoms with Crippen molar-refractivity contribution in [2.75, 3.05) is 5.73 Å². The van der Waals surface area contributed by atoms with Gasteiger partial charge in [0.25, 0.3) is 0 Å². The molecule has 7 heteroatoms. The lowest BCUT2D eigenvalue weighted by molar-refractivity contribution is 0.581. The van der Waals surface area contributed by atoms with Gasteiger partial charge in [0.2, 0.25) is 10.0 Å². The third-order valence-electron chi connectivity index (χ3n) is 3.30. The summed E-state index contributed by atoms with van der Waals surface area (Å²) in [5, 5.41) is 4.08. The van der Waals surface area contributed by atoms with Gasteiger partial charge >= 0.3 is 0 Å². The minimum atomic E-state index is -3.64. The summed E-state index contributed by atoms with van der Waals surface area (Å²) in [5.41, 5.74) is 8.41. The average Bonchev–Trinajstić information content (AvgIpc) is 2.67. The van der Waals surface area contributed by atoms with E-state index in [1.165, 1.54) is 0 Å². The molecule has 3 N–H and O–H groups in total. The number of nitrogen functional groups attached to an aromatic ring is 1. The number of hydrogen-bond donors (Lipinski definition) is 2. The summed E-state index contributed by atoms with van der Waals surface area (Å²) in [5.74, 6) is 0. The molecule has 0 radical (unpaired) electrons. The molecular weight excluding hydrogens is 276 g/mol. The summed E-state index contributed by atoms with van der Waals surface area (Å²) < 4.78 is 29.0. The summed E-state index contributed by atoms with van der Waals surface area (Å²) in [6.07, 6.45) is 1.65. The lowest BCUT2D eigenvalue weighted by Gasteiger charge is -2.11. The maximum atomic E-state index is 12.3. The first-order valence-corrected chi connectivity index (χ1v) is 7.63. The monoisotopic (exact) mass is 294 g/mol. The predicted molar refractivity (Wildman–Crippen MR) is 77.6 cm³/mol. The Morgan fingerprint density at radius 1 is 1.35 bits per heavy atom. The third kappa shape index (κ3) is 2.68. The molecule has 2 rings (SSSR count). The van der Waals surface area contributed by atoms with E-state index in [4.69, 9.17) is 5.73 Å². The van der Waals surface area contributed by atoms with Gasteiger partial charge in [-0.15, -0.1) is 0 Å². The molecule has 20 heavy (non-hydrogen) atoms. The summed E-state index contributed by atoms with van der Waals surface area (Å²) in [6.45, 7) is 3.80. The quantitative estimate of drug-likeness (QED) is 0.826. The molecule has 1 aromatic carbocycles. The molecule has 0 spiro atoms. The van der Waals surface area contributed by atoms with Crippen molar-refractivity contribution in [3.05, 3.63) is 41.2 Å². The van der Waals surface area contributed by atoms with Crippen molar-refractivity contribution in [1.82, 2.24) is 14.5 Å². The lowest BCUT2D eigenvalue weighted by atomic mass is 10.2. The van der Waals surface area contributed by atoms with Gasteiger partial charge in [0.15, 0.2) is 0 Å². The van der Waals surface area contributed by atoms with Gasteiger partial charge in [-0.05, 0) is 25.5 Å². The van der Waals surface area contributed by atoms with Crippen molar-refractivity contribution in [2.24, 2.45) is 7.05 Å². The van der Waals surface area contributed by atoms with Crippen molar-refractivity contribution in [1.29, 1.82) is 0 Å². The molecule has 0 bridgehead atoms. The summed E-state index contributed by atoms with van der Waals surface area (Å²) in [4.78, 5) is 0.140. The molecule has 0 atom stereocenters. The Hall–Kier alpha value is -1.86. The molecule has 2 aromatic rings. The lowest BCUT2D eigenvalue weighted by Crippen LogP contribution is -2.25. The number of sulfonamides is 1. The van der Waals surface area contributed by atoms with Gasteiger partial charge in [0.1, 0.15) is 4.90 Å². The minimum absolute atomic E-state index is 0.140. The van der Waals surface area contributed by atoms with Crippen LogP contribution < -0.4 is 10.5 Å². The van der Waals surface area contributed by atoms with E-state index in [1.807, 2.05) is 14.0 Å². The Morgan fingerprint density at radius 3 is 2.60 bits per heavy atom. The van der Waals surface area contributed by atoms with Crippen molar-refractivity contribution >= 4 is 15.7 Å². The number of benzene rings is 1. The maximum Gasteiger partial charge on any atom is 0.243 e. The zero-order valence-electron chi connectivity index (χ0n) is 11.7. The molecule has 0 aliphatic carbocycles. The van der Waals surface area contributed by atoms with E-state index >= 15 is 0 Å². The second-order valence-corrected chi connectivity index (χ2v) is 6.40. The van der Waals surface area contributed by atoms with E-state index in [1.54, 1.807) is 36.0 Å². The van der Waals surface area contributed by atoms with Crippen LogP contribution in [0.3, 0.4) is 0 Å². The molecule has 0 aliphatic heterocycles. The van der Waals surface area contributed by atoms with Crippen LogP contribution in [0, 0.1) is 13.8 Å². The molecule has 1 aromatic heterocycles. The van der Waals surface area contributed by atoms with E-state index in [9.17, 15) is 8.42 Å². The van der Waals surface area contributed by atoms with E-state index in [-0.39, 0.29) is 17.1 Å². The van der Waals surface area contributed by atoms with Crippen LogP contribution in [0.15, 0.2) is 29.3 Å². The van der Waals surface area contributed by atoms with E-state index < -0.39 is 10.0 Å². The number of nitrogens with two attached hydrogens (primary N) is 1. The van der Waals surface area contributed by atoms with Crippen molar-refractivity contribution in [3.8, 4) is 0 Å². The molecule has 6 nitrogen and oxygen atoms in total. The Bertz CT molecular complexity index is 715.